The van der Waals surface area contributed by atoms with Crippen molar-refractivity contribution in [3.8, 4) is 6.07 Å². The highest BCUT2D eigenvalue weighted by Gasteiger charge is 2.23. The van der Waals surface area contributed by atoms with Crippen LogP contribution in [0.5, 0.6) is 0 Å². The van der Waals surface area contributed by atoms with Gasteiger partial charge in [0.15, 0.2) is 0 Å². The molecule has 0 saturated heterocycles. The number of nitriles is 1. The van der Waals surface area contributed by atoms with Gasteiger partial charge >= 0.3 is 0 Å². The molecule has 0 heterocycles. The van der Waals surface area contributed by atoms with Crippen molar-refractivity contribution >= 4 is 0 Å². The van der Waals surface area contributed by atoms with E-state index in [1.165, 1.54) is 42.4 Å². The van der Waals surface area contributed by atoms with Gasteiger partial charge in [0.05, 0.1) is 11.6 Å². The SMILES string of the molecule is CCc1ccc([C@H]2CC[C@H](c3ccc(C#N)cc3)CC2)cc1. The average molecular weight is 289 g/mol. The van der Waals surface area contributed by atoms with Crippen molar-refractivity contribution in [2.45, 2.75) is 50.9 Å². The monoisotopic (exact) mass is 289 g/mol. The first-order valence-corrected chi connectivity index (χ1v) is 8.39. The van der Waals surface area contributed by atoms with E-state index in [4.69, 9.17) is 5.26 Å². The van der Waals surface area contributed by atoms with Crippen LogP contribution >= 0.6 is 0 Å². The van der Waals surface area contributed by atoms with E-state index < -0.39 is 0 Å². The maximum atomic E-state index is 8.89. The third kappa shape index (κ3) is 3.22. The molecule has 1 heteroatoms. The van der Waals surface area contributed by atoms with Crippen molar-refractivity contribution in [1.29, 1.82) is 5.26 Å². The summed E-state index contributed by atoms with van der Waals surface area (Å²) in [4.78, 5) is 0. The van der Waals surface area contributed by atoms with Gasteiger partial charge in [0.1, 0.15) is 0 Å². The lowest BCUT2D eigenvalue weighted by Gasteiger charge is -2.29. The molecule has 1 nitrogen and oxygen atoms in total. The topological polar surface area (TPSA) is 23.8 Å². The van der Waals surface area contributed by atoms with Crippen LogP contribution in [-0.4, -0.2) is 0 Å². The minimum Gasteiger partial charge on any atom is -0.192 e. The largest absolute Gasteiger partial charge is 0.192 e. The number of aryl methyl sites for hydroxylation is 1. The fourth-order valence-corrected chi connectivity index (χ4v) is 3.62. The molecule has 1 aliphatic rings. The maximum absolute atomic E-state index is 8.89. The van der Waals surface area contributed by atoms with Crippen LogP contribution < -0.4 is 0 Å². The quantitative estimate of drug-likeness (QED) is 0.725. The molecule has 3 rings (SSSR count). The summed E-state index contributed by atoms with van der Waals surface area (Å²) in [5.74, 6) is 1.39. The van der Waals surface area contributed by atoms with Gasteiger partial charge in [-0.1, -0.05) is 43.3 Å². The van der Waals surface area contributed by atoms with Crippen molar-refractivity contribution in [3.63, 3.8) is 0 Å². The molecule has 1 fully saturated rings. The van der Waals surface area contributed by atoms with Crippen molar-refractivity contribution in [1.82, 2.24) is 0 Å². The van der Waals surface area contributed by atoms with Gasteiger partial charge in [0, 0.05) is 0 Å². The van der Waals surface area contributed by atoms with E-state index in [1.807, 2.05) is 12.1 Å². The van der Waals surface area contributed by atoms with E-state index in [-0.39, 0.29) is 0 Å². The van der Waals surface area contributed by atoms with Gasteiger partial charge in [-0.3, -0.25) is 0 Å². The van der Waals surface area contributed by atoms with Crippen LogP contribution in [0, 0.1) is 11.3 Å². The summed E-state index contributed by atoms with van der Waals surface area (Å²) in [5.41, 5.74) is 5.10. The highest BCUT2D eigenvalue weighted by atomic mass is 14.3. The molecule has 2 aromatic carbocycles. The molecule has 112 valence electrons. The third-order valence-electron chi connectivity index (χ3n) is 5.10. The lowest BCUT2D eigenvalue weighted by Crippen LogP contribution is -2.12. The smallest absolute Gasteiger partial charge is 0.0991 e. The van der Waals surface area contributed by atoms with E-state index in [0.717, 1.165) is 17.9 Å². The summed E-state index contributed by atoms with van der Waals surface area (Å²) in [7, 11) is 0. The van der Waals surface area contributed by atoms with Crippen LogP contribution in [0.1, 0.15) is 66.7 Å². The van der Waals surface area contributed by atoms with Gasteiger partial charge in [-0.2, -0.15) is 5.26 Å². The Hall–Kier alpha value is -2.07. The van der Waals surface area contributed by atoms with E-state index in [0.29, 0.717) is 5.92 Å². The van der Waals surface area contributed by atoms with Gasteiger partial charge in [-0.25, -0.2) is 0 Å². The number of hydrogen-bond donors (Lipinski definition) is 0. The lowest BCUT2D eigenvalue weighted by molar-refractivity contribution is 0.396. The fourth-order valence-electron chi connectivity index (χ4n) is 3.62. The fraction of sp³-hybridized carbons (Fsp3) is 0.381. The van der Waals surface area contributed by atoms with Gasteiger partial charge < -0.3 is 0 Å². The standard InChI is InChI=1S/C21H23N/c1-2-16-3-7-18(8-4-16)20-11-13-21(14-12-20)19-9-5-17(15-22)6-10-19/h3-10,20-21H,2,11-14H2,1H3/t20-,21-. The molecule has 0 aromatic heterocycles. The number of hydrogen-bond acceptors (Lipinski definition) is 1. The summed E-state index contributed by atoms with van der Waals surface area (Å²) in [6.07, 6.45) is 6.18. The summed E-state index contributed by atoms with van der Waals surface area (Å²) < 4.78 is 0. The molecule has 0 radical (unpaired) electrons. The second kappa shape index (κ2) is 6.79. The summed E-state index contributed by atoms with van der Waals surface area (Å²) in [6.45, 7) is 2.21. The molecule has 0 bridgehead atoms. The van der Waals surface area contributed by atoms with Gasteiger partial charge in [0.2, 0.25) is 0 Å². The zero-order chi connectivity index (χ0) is 15.4. The minimum absolute atomic E-state index is 0.666. The summed E-state index contributed by atoms with van der Waals surface area (Å²) in [6, 6.07) is 19.6. The molecule has 1 aliphatic carbocycles. The van der Waals surface area contributed by atoms with E-state index in [2.05, 4.69) is 49.4 Å². The Kier molecular flexibility index (Phi) is 4.59. The minimum atomic E-state index is 0.666. The van der Waals surface area contributed by atoms with Crippen molar-refractivity contribution in [3.05, 3.63) is 70.8 Å². The van der Waals surface area contributed by atoms with Crippen LogP contribution in [0.15, 0.2) is 48.5 Å². The van der Waals surface area contributed by atoms with Crippen molar-refractivity contribution < 1.29 is 0 Å². The third-order valence-corrected chi connectivity index (χ3v) is 5.10. The Morgan fingerprint density at radius 1 is 0.818 bits per heavy atom. The molecule has 0 amide bonds. The number of rotatable bonds is 3. The first kappa shape index (κ1) is 14.9. The van der Waals surface area contributed by atoms with Crippen LogP contribution in [0.3, 0.4) is 0 Å². The van der Waals surface area contributed by atoms with E-state index >= 15 is 0 Å². The van der Waals surface area contributed by atoms with E-state index in [9.17, 15) is 0 Å². The first-order valence-electron chi connectivity index (χ1n) is 8.39. The Morgan fingerprint density at radius 3 is 1.68 bits per heavy atom. The highest BCUT2D eigenvalue weighted by molar-refractivity contribution is 5.33. The van der Waals surface area contributed by atoms with Gasteiger partial charge in [-0.15, -0.1) is 0 Å². The van der Waals surface area contributed by atoms with Crippen molar-refractivity contribution in [2.24, 2.45) is 0 Å². The molecule has 2 aromatic rings. The summed E-state index contributed by atoms with van der Waals surface area (Å²) in [5, 5.41) is 8.89. The van der Waals surface area contributed by atoms with Crippen molar-refractivity contribution in [2.75, 3.05) is 0 Å². The Balaban J connectivity index is 1.62. The zero-order valence-electron chi connectivity index (χ0n) is 13.3. The van der Waals surface area contributed by atoms with Crippen LogP contribution in [0.4, 0.5) is 0 Å². The van der Waals surface area contributed by atoms with Crippen LogP contribution in [0.2, 0.25) is 0 Å². The van der Waals surface area contributed by atoms with Crippen LogP contribution in [0.25, 0.3) is 0 Å². The predicted octanol–water partition coefficient (Wildman–Crippen LogP) is 5.56. The molecule has 0 atom stereocenters. The first-order chi connectivity index (χ1) is 10.8. The number of nitrogens with zero attached hydrogens (tertiary/aromatic N) is 1. The Labute approximate surface area is 133 Å². The molecule has 0 aliphatic heterocycles. The zero-order valence-corrected chi connectivity index (χ0v) is 13.3. The second-order valence-electron chi connectivity index (χ2n) is 6.38. The van der Waals surface area contributed by atoms with Gasteiger partial charge in [0.25, 0.3) is 0 Å². The van der Waals surface area contributed by atoms with Crippen LogP contribution in [-0.2, 0) is 6.42 Å². The predicted molar refractivity (Wildman–Crippen MR) is 90.9 cm³/mol. The average Bonchev–Trinajstić information content (AvgIpc) is 2.62. The highest BCUT2D eigenvalue weighted by Crippen LogP contribution is 2.40. The molecule has 0 spiro atoms. The lowest BCUT2D eigenvalue weighted by atomic mass is 9.76. The van der Waals surface area contributed by atoms with E-state index in [1.54, 1.807) is 0 Å². The molecule has 0 N–H and O–H groups in total. The molecular formula is C21H23N. The second-order valence-corrected chi connectivity index (χ2v) is 6.38. The Bertz CT molecular complexity index is 638. The number of benzene rings is 2. The maximum Gasteiger partial charge on any atom is 0.0991 e. The summed E-state index contributed by atoms with van der Waals surface area (Å²) >= 11 is 0. The Morgan fingerprint density at radius 2 is 1.27 bits per heavy atom. The molecule has 0 unspecified atom stereocenters. The molecular weight excluding hydrogens is 266 g/mol. The van der Waals surface area contributed by atoms with Gasteiger partial charge in [-0.05, 0) is 72.8 Å². The normalized spacial score (nSPS) is 21.3. The molecule has 22 heavy (non-hydrogen) atoms. The molecule has 1 saturated carbocycles.